The molecular formula is C26H22BrNO4S. The van der Waals surface area contributed by atoms with Gasteiger partial charge in [-0.15, -0.1) is 6.58 Å². The van der Waals surface area contributed by atoms with Crippen molar-refractivity contribution in [3.05, 3.63) is 87.8 Å². The molecule has 3 aromatic rings. The van der Waals surface area contributed by atoms with E-state index >= 15 is 0 Å². The summed E-state index contributed by atoms with van der Waals surface area (Å²) in [6.07, 6.45) is 3.22. The Hall–Kier alpha value is -3.03. The van der Waals surface area contributed by atoms with Gasteiger partial charge in [-0.1, -0.05) is 42.5 Å². The Balaban J connectivity index is 1.58. The average molecular weight is 524 g/mol. The number of carbonyl (C=O) groups excluding carboxylic acids is 2. The van der Waals surface area contributed by atoms with E-state index in [0.717, 1.165) is 28.3 Å². The van der Waals surface area contributed by atoms with Crippen LogP contribution in [0.3, 0.4) is 0 Å². The number of amides is 2. The number of nitrogens with zero attached hydrogens (tertiary/aromatic N) is 1. The lowest BCUT2D eigenvalue weighted by atomic mass is 10.1. The molecule has 168 valence electrons. The fourth-order valence-corrected chi connectivity index (χ4v) is 4.92. The van der Waals surface area contributed by atoms with Crippen molar-refractivity contribution < 1.29 is 19.1 Å². The molecule has 0 atom stereocenters. The summed E-state index contributed by atoms with van der Waals surface area (Å²) < 4.78 is 12.7. The molecule has 33 heavy (non-hydrogen) atoms. The Morgan fingerprint density at radius 2 is 1.85 bits per heavy atom. The molecular weight excluding hydrogens is 502 g/mol. The molecule has 0 aromatic heterocycles. The summed E-state index contributed by atoms with van der Waals surface area (Å²) in [6.45, 7) is 6.52. The summed E-state index contributed by atoms with van der Waals surface area (Å²) in [6, 6.07) is 18.1. The van der Waals surface area contributed by atoms with Crippen LogP contribution in [0.25, 0.3) is 16.8 Å². The van der Waals surface area contributed by atoms with Crippen LogP contribution in [0, 0.1) is 0 Å². The van der Waals surface area contributed by atoms with Crippen molar-refractivity contribution in [1.82, 2.24) is 4.90 Å². The maximum absolute atomic E-state index is 12.5. The van der Waals surface area contributed by atoms with E-state index in [4.69, 9.17) is 9.47 Å². The SMILES string of the molecule is C=CCN1C(=O)S/C(=C/c2cc(Br)c(OCc3ccc4ccccc4c3)c(OCC)c2)C1=O. The minimum atomic E-state index is -0.324. The van der Waals surface area contributed by atoms with Crippen LogP contribution in [-0.4, -0.2) is 29.2 Å². The lowest BCUT2D eigenvalue weighted by Gasteiger charge is -2.15. The van der Waals surface area contributed by atoms with Crippen molar-refractivity contribution in [2.75, 3.05) is 13.2 Å². The van der Waals surface area contributed by atoms with E-state index in [1.54, 1.807) is 6.08 Å². The monoisotopic (exact) mass is 523 g/mol. The largest absolute Gasteiger partial charge is 0.490 e. The molecule has 5 nitrogen and oxygen atoms in total. The molecule has 0 aliphatic carbocycles. The molecule has 1 aliphatic rings. The van der Waals surface area contributed by atoms with Crippen molar-refractivity contribution in [1.29, 1.82) is 0 Å². The maximum atomic E-state index is 12.5. The number of ether oxygens (including phenoxy) is 2. The third-order valence-electron chi connectivity index (χ3n) is 5.01. The Bertz CT molecular complexity index is 1270. The van der Waals surface area contributed by atoms with Crippen molar-refractivity contribution in [2.24, 2.45) is 0 Å². The van der Waals surface area contributed by atoms with Gasteiger partial charge in [0, 0.05) is 6.54 Å². The lowest BCUT2D eigenvalue weighted by molar-refractivity contribution is -0.122. The number of halogens is 1. The van der Waals surface area contributed by atoms with E-state index in [0.29, 0.717) is 34.1 Å². The molecule has 1 heterocycles. The smallest absolute Gasteiger partial charge is 0.293 e. The average Bonchev–Trinajstić information content (AvgIpc) is 3.06. The zero-order valence-electron chi connectivity index (χ0n) is 18.0. The molecule has 0 N–H and O–H groups in total. The minimum Gasteiger partial charge on any atom is -0.490 e. The van der Waals surface area contributed by atoms with E-state index in [9.17, 15) is 9.59 Å². The van der Waals surface area contributed by atoms with Crippen molar-refractivity contribution in [2.45, 2.75) is 13.5 Å². The second-order valence-corrected chi connectivity index (χ2v) is 9.16. The standard InChI is InChI=1S/C26H22BrNO4S/c1-3-11-28-25(29)23(33-26(28)30)15-18-13-21(27)24(22(14-18)31-4-2)32-16-17-9-10-19-7-5-6-8-20(19)12-17/h3,5-10,12-15H,1,4,11,16H2,2H3/b23-15+. The lowest BCUT2D eigenvalue weighted by Crippen LogP contribution is -2.27. The van der Waals surface area contributed by atoms with Crippen molar-refractivity contribution in [3.8, 4) is 11.5 Å². The van der Waals surface area contributed by atoms with Gasteiger partial charge in [0.05, 0.1) is 16.0 Å². The zero-order valence-corrected chi connectivity index (χ0v) is 20.4. The Morgan fingerprint density at radius 1 is 1.06 bits per heavy atom. The molecule has 0 bridgehead atoms. The third kappa shape index (κ3) is 5.15. The first-order chi connectivity index (χ1) is 16.0. The van der Waals surface area contributed by atoms with Gasteiger partial charge in [0.1, 0.15) is 6.61 Å². The molecule has 0 spiro atoms. The second-order valence-electron chi connectivity index (χ2n) is 7.31. The van der Waals surface area contributed by atoms with E-state index in [2.05, 4.69) is 46.8 Å². The Labute approximate surface area is 205 Å². The van der Waals surface area contributed by atoms with Gasteiger partial charge in [0.2, 0.25) is 0 Å². The number of benzene rings is 3. The molecule has 0 radical (unpaired) electrons. The number of thioether (sulfide) groups is 1. The van der Waals surface area contributed by atoms with Gasteiger partial charge < -0.3 is 9.47 Å². The van der Waals surface area contributed by atoms with Crippen LogP contribution in [0.4, 0.5) is 4.79 Å². The number of fused-ring (bicyclic) bond motifs is 1. The number of hydrogen-bond acceptors (Lipinski definition) is 5. The quantitative estimate of drug-likeness (QED) is 0.240. The van der Waals surface area contributed by atoms with Gasteiger partial charge in [0.15, 0.2) is 11.5 Å². The highest BCUT2D eigenvalue weighted by atomic mass is 79.9. The summed E-state index contributed by atoms with van der Waals surface area (Å²) in [5.74, 6) is 0.821. The minimum absolute atomic E-state index is 0.192. The van der Waals surface area contributed by atoms with Gasteiger partial charge in [-0.05, 0) is 80.8 Å². The maximum Gasteiger partial charge on any atom is 0.293 e. The number of rotatable bonds is 8. The predicted octanol–water partition coefficient (Wildman–Crippen LogP) is 6.80. The van der Waals surface area contributed by atoms with Crippen LogP contribution in [0.15, 0.2) is 76.6 Å². The van der Waals surface area contributed by atoms with Crippen molar-refractivity contribution in [3.63, 3.8) is 0 Å². The van der Waals surface area contributed by atoms with Crippen LogP contribution in [0.2, 0.25) is 0 Å². The Morgan fingerprint density at radius 3 is 2.61 bits per heavy atom. The molecule has 2 amide bonds. The van der Waals surface area contributed by atoms with Gasteiger partial charge in [0.25, 0.3) is 11.1 Å². The highest BCUT2D eigenvalue weighted by Gasteiger charge is 2.34. The van der Waals surface area contributed by atoms with E-state index < -0.39 is 0 Å². The van der Waals surface area contributed by atoms with Crippen LogP contribution in [0.1, 0.15) is 18.1 Å². The molecule has 0 unspecified atom stereocenters. The normalized spacial score (nSPS) is 14.8. The van der Waals surface area contributed by atoms with Gasteiger partial charge in [-0.2, -0.15) is 0 Å². The van der Waals surface area contributed by atoms with Crippen molar-refractivity contribution >= 4 is 55.7 Å². The topological polar surface area (TPSA) is 55.8 Å². The second kappa shape index (κ2) is 10.3. The van der Waals surface area contributed by atoms with Crippen LogP contribution < -0.4 is 9.47 Å². The molecule has 0 saturated carbocycles. The number of hydrogen-bond donors (Lipinski definition) is 0. The summed E-state index contributed by atoms with van der Waals surface area (Å²) in [4.78, 5) is 26.2. The summed E-state index contributed by atoms with van der Waals surface area (Å²) in [5, 5.41) is 2.04. The number of carbonyl (C=O) groups is 2. The van der Waals surface area contributed by atoms with Crippen LogP contribution >= 0.6 is 27.7 Å². The first-order valence-corrected chi connectivity index (χ1v) is 12.0. The zero-order chi connectivity index (χ0) is 23.4. The fourth-order valence-electron chi connectivity index (χ4n) is 3.50. The molecule has 7 heteroatoms. The Kier molecular flexibility index (Phi) is 7.20. The van der Waals surface area contributed by atoms with E-state index in [1.165, 1.54) is 16.4 Å². The molecule has 1 saturated heterocycles. The van der Waals surface area contributed by atoms with Gasteiger partial charge >= 0.3 is 0 Å². The summed E-state index contributed by atoms with van der Waals surface area (Å²) in [5.41, 5.74) is 1.77. The van der Waals surface area contributed by atoms with E-state index in [-0.39, 0.29) is 17.7 Å². The van der Waals surface area contributed by atoms with Gasteiger partial charge in [-0.3, -0.25) is 14.5 Å². The first-order valence-electron chi connectivity index (χ1n) is 10.4. The van der Waals surface area contributed by atoms with Gasteiger partial charge in [-0.25, -0.2) is 0 Å². The predicted molar refractivity (Wildman–Crippen MR) is 136 cm³/mol. The molecule has 4 rings (SSSR count). The van der Waals surface area contributed by atoms with E-state index in [1.807, 2.05) is 37.3 Å². The van der Waals surface area contributed by atoms with Crippen LogP contribution in [0.5, 0.6) is 11.5 Å². The molecule has 1 fully saturated rings. The molecule has 1 aliphatic heterocycles. The fraction of sp³-hybridized carbons (Fsp3) is 0.154. The summed E-state index contributed by atoms with van der Waals surface area (Å²) >= 11 is 4.50. The third-order valence-corrected chi connectivity index (χ3v) is 6.51. The van der Waals surface area contributed by atoms with Crippen LogP contribution in [-0.2, 0) is 11.4 Å². The highest BCUT2D eigenvalue weighted by Crippen LogP contribution is 2.39. The summed E-state index contributed by atoms with van der Waals surface area (Å²) in [7, 11) is 0. The molecule has 3 aromatic carbocycles. The highest BCUT2D eigenvalue weighted by molar-refractivity contribution is 9.10. The number of imide groups is 1. The first kappa shape index (κ1) is 23.1.